The number of benzene rings is 1. The minimum absolute atomic E-state index is 0.158. The molecule has 0 spiro atoms. The number of methoxy groups -OCH3 is 1. The van der Waals surface area contributed by atoms with Gasteiger partial charge in [0.15, 0.2) is 0 Å². The monoisotopic (exact) mass is 390 g/mol. The quantitative estimate of drug-likeness (QED) is 0.665. The number of aryl methyl sites for hydroxylation is 1. The molecule has 0 atom stereocenters. The van der Waals surface area contributed by atoms with Crippen molar-refractivity contribution in [1.29, 1.82) is 0 Å². The first-order valence-corrected chi connectivity index (χ1v) is 10.1. The Morgan fingerprint density at radius 3 is 2.58 bits per heavy atom. The maximum absolute atomic E-state index is 12.2. The summed E-state index contributed by atoms with van der Waals surface area (Å²) in [4.78, 5) is 5.16. The molecule has 0 aliphatic heterocycles. The molecule has 8 heteroatoms. The van der Waals surface area contributed by atoms with E-state index >= 15 is 0 Å². The van der Waals surface area contributed by atoms with E-state index in [1.54, 1.807) is 49.7 Å². The van der Waals surface area contributed by atoms with Gasteiger partial charge in [-0.25, -0.2) is 18.1 Å². The zero-order chi connectivity index (χ0) is 18.6. The molecule has 26 heavy (non-hydrogen) atoms. The van der Waals surface area contributed by atoms with Crippen LogP contribution in [0.1, 0.15) is 10.4 Å². The lowest BCUT2D eigenvalue weighted by molar-refractivity contribution is 0.407. The van der Waals surface area contributed by atoms with E-state index < -0.39 is 10.0 Å². The molecule has 0 saturated heterocycles. The maximum Gasteiger partial charge on any atom is 0.250 e. The van der Waals surface area contributed by atoms with E-state index in [1.807, 2.05) is 19.1 Å². The Hall–Kier alpha value is -2.42. The zero-order valence-corrected chi connectivity index (χ0v) is 15.9. The lowest BCUT2D eigenvalue weighted by Gasteiger charge is -2.08. The molecule has 6 nitrogen and oxygen atoms in total. The van der Waals surface area contributed by atoms with Crippen molar-refractivity contribution in [3.05, 3.63) is 65.2 Å². The van der Waals surface area contributed by atoms with Crippen molar-refractivity contribution in [2.45, 2.75) is 17.7 Å². The van der Waals surface area contributed by atoms with Crippen LogP contribution in [-0.4, -0.2) is 20.5 Å². The van der Waals surface area contributed by atoms with Crippen LogP contribution in [0.3, 0.4) is 0 Å². The first kappa shape index (κ1) is 18.4. The molecule has 0 aliphatic carbocycles. The van der Waals surface area contributed by atoms with Gasteiger partial charge in [-0.2, -0.15) is 0 Å². The first-order valence-electron chi connectivity index (χ1n) is 7.79. The fraction of sp³-hybridized carbons (Fsp3) is 0.167. The van der Waals surface area contributed by atoms with Crippen molar-refractivity contribution >= 4 is 21.4 Å². The summed E-state index contributed by atoms with van der Waals surface area (Å²) in [6, 6.07) is 14.1. The van der Waals surface area contributed by atoms with Crippen LogP contribution in [0.25, 0.3) is 0 Å². The number of nitrogens with zero attached hydrogens (tertiary/aromatic N) is 1. The molecule has 0 amide bonds. The number of hydrogen-bond donors (Lipinski definition) is 1. The SMILES string of the molecule is COc1cccc(Oc2ccc(CNS(=O)(=O)c3ccc(C)s3)cn2)c1. The molecule has 136 valence electrons. The van der Waals surface area contributed by atoms with E-state index in [9.17, 15) is 8.42 Å². The second-order valence-electron chi connectivity index (χ2n) is 5.48. The van der Waals surface area contributed by atoms with Gasteiger partial charge in [-0.05, 0) is 36.8 Å². The maximum atomic E-state index is 12.2. The van der Waals surface area contributed by atoms with Gasteiger partial charge in [0.05, 0.1) is 7.11 Å². The molecule has 0 bridgehead atoms. The van der Waals surface area contributed by atoms with Crippen molar-refractivity contribution in [3.8, 4) is 17.4 Å². The first-order chi connectivity index (χ1) is 12.5. The fourth-order valence-electron chi connectivity index (χ4n) is 2.17. The molecule has 1 N–H and O–H groups in total. The van der Waals surface area contributed by atoms with Crippen LogP contribution in [-0.2, 0) is 16.6 Å². The van der Waals surface area contributed by atoms with Crippen LogP contribution < -0.4 is 14.2 Å². The molecule has 0 saturated carbocycles. The van der Waals surface area contributed by atoms with Crippen LogP contribution in [0.4, 0.5) is 0 Å². The Morgan fingerprint density at radius 2 is 1.92 bits per heavy atom. The number of pyridine rings is 1. The minimum atomic E-state index is -3.51. The van der Waals surface area contributed by atoms with Crippen LogP contribution in [0.5, 0.6) is 17.4 Å². The van der Waals surface area contributed by atoms with Gasteiger partial charge in [0, 0.05) is 29.8 Å². The molecule has 1 aromatic carbocycles. The molecule has 3 aromatic rings. The van der Waals surface area contributed by atoms with Crippen LogP contribution >= 0.6 is 11.3 Å². The Labute approximate surface area is 156 Å². The summed E-state index contributed by atoms with van der Waals surface area (Å²) in [5.74, 6) is 1.72. The van der Waals surface area contributed by atoms with Gasteiger partial charge in [0.1, 0.15) is 15.7 Å². The largest absolute Gasteiger partial charge is 0.497 e. The Morgan fingerprint density at radius 1 is 1.12 bits per heavy atom. The van der Waals surface area contributed by atoms with Crippen LogP contribution in [0, 0.1) is 6.92 Å². The second-order valence-corrected chi connectivity index (χ2v) is 8.76. The highest BCUT2D eigenvalue weighted by molar-refractivity contribution is 7.91. The minimum Gasteiger partial charge on any atom is -0.497 e. The molecular formula is C18H18N2O4S2. The van der Waals surface area contributed by atoms with Crippen LogP contribution in [0.15, 0.2) is 58.9 Å². The number of sulfonamides is 1. The molecule has 2 heterocycles. The summed E-state index contributed by atoms with van der Waals surface area (Å²) < 4.78 is 38.2. The van der Waals surface area contributed by atoms with Gasteiger partial charge in [-0.1, -0.05) is 12.1 Å². The van der Waals surface area contributed by atoms with Gasteiger partial charge in [0.25, 0.3) is 0 Å². The third kappa shape index (κ3) is 4.60. The molecule has 0 fully saturated rings. The lowest BCUT2D eigenvalue weighted by Crippen LogP contribution is -2.22. The standard InChI is InChI=1S/C18H18N2O4S2/c1-13-6-9-18(25-13)26(21,22)20-12-14-7-8-17(19-11-14)24-16-5-3-4-15(10-16)23-2/h3-11,20H,12H2,1-2H3. The van der Waals surface area contributed by atoms with Gasteiger partial charge >= 0.3 is 0 Å². The molecule has 3 rings (SSSR count). The average molecular weight is 390 g/mol. The highest BCUT2D eigenvalue weighted by Crippen LogP contribution is 2.24. The lowest BCUT2D eigenvalue weighted by atomic mass is 10.3. The predicted molar refractivity (Wildman–Crippen MR) is 100 cm³/mol. The van der Waals surface area contributed by atoms with E-state index in [4.69, 9.17) is 9.47 Å². The normalized spacial score (nSPS) is 11.3. The van der Waals surface area contributed by atoms with Gasteiger partial charge in [-0.3, -0.25) is 0 Å². The predicted octanol–water partition coefficient (Wildman–Crippen LogP) is 3.73. The Balaban J connectivity index is 1.62. The van der Waals surface area contributed by atoms with E-state index in [-0.39, 0.29) is 6.54 Å². The average Bonchev–Trinajstić information content (AvgIpc) is 3.09. The molecular weight excluding hydrogens is 372 g/mol. The summed E-state index contributed by atoms with van der Waals surface area (Å²) in [5, 5.41) is 0. The molecule has 0 radical (unpaired) electrons. The van der Waals surface area contributed by atoms with Gasteiger partial charge in [0.2, 0.25) is 15.9 Å². The summed E-state index contributed by atoms with van der Waals surface area (Å²) in [6.45, 7) is 2.03. The molecule has 2 aromatic heterocycles. The van der Waals surface area contributed by atoms with Crippen molar-refractivity contribution in [2.75, 3.05) is 7.11 Å². The number of aromatic nitrogens is 1. The van der Waals surface area contributed by atoms with Crippen LogP contribution in [0.2, 0.25) is 0 Å². The number of thiophene rings is 1. The van der Waals surface area contributed by atoms with E-state index in [2.05, 4.69) is 9.71 Å². The van der Waals surface area contributed by atoms with Crippen molar-refractivity contribution in [2.24, 2.45) is 0 Å². The van der Waals surface area contributed by atoms with Crippen molar-refractivity contribution in [1.82, 2.24) is 9.71 Å². The number of hydrogen-bond acceptors (Lipinski definition) is 6. The number of nitrogens with one attached hydrogen (secondary N) is 1. The third-order valence-electron chi connectivity index (χ3n) is 3.51. The topological polar surface area (TPSA) is 77.5 Å². The smallest absolute Gasteiger partial charge is 0.250 e. The summed E-state index contributed by atoms with van der Waals surface area (Å²) in [7, 11) is -1.92. The Bertz CT molecular complexity index is 982. The molecule has 0 unspecified atom stereocenters. The summed E-state index contributed by atoms with van der Waals surface area (Å²) >= 11 is 1.24. The van der Waals surface area contributed by atoms with E-state index in [1.165, 1.54) is 11.3 Å². The van der Waals surface area contributed by atoms with Crippen molar-refractivity contribution in [3.63, 3.8) is 0 Å². The number of rotatable bonds is 7. The fourth-order valence-corrected chi connectivity index (χ4v) is 4.51. The number of ether oxygens (including phenoxy) is 2. The van der Waals surface area contributed by atoms with Gasteiger partial charge in [-0.15, -0.1) is 11.3 Å². The zero-order valence-electron chi connectivity index (χ0n) is 14.3. The molecule has 0 aliphatic rings. The highest BCUT2D eigenvalue weighted by Gasteiger charge is 2.15. The third-order valence-corrected chi connectivity index (χ3v) is 6.40. The van der Waals surface area contributed by atoms with E-state index in [0.29, 0.717) is 21.6 Å². The Kier molecular flexibility index (Phi) is 5.55. The summed E-state index contributed by atoms with van der Waals surface area (Å²) in [5.41, 5.74) is 0.736. The summed E-state index contributed by atoms with van der Waals surface area (Å²) in [6.07, 6.45) is 1.58. The second kappa shape index (κ2) is 7.86. The highest BCUT2D eigenvalue weighted by atomic mass is 32.2. The van der Waals surface area contributed by atoms with Gasteiger partial charge < -0.3 is 9.47 Å². The van der Waals surface area contributed by atoms with E-state index in [0.717, 1.165) is 10.4 Å². The van der Waals surface area contributed by atoms with Crippen molar-refractivity contribution < 1.29 is 17.9 Å².